The fourth-order valence-electron chi connectivity index (χ4n) is 1.73. The third kappa shape index (κ3) is 6.73. The molecule has 0 aliphatic carbocycles. The summed E-state index contributed by atoms with van der Waals surface area (Å²) in [6, 6.07) is 10.8. The minimum absolute atomic E-state index is 0.155. The van der Waals surface area contributed by atoms with E-state index in [0.717, 1.165) is 5.56 Å². The quantitative estimate of drug-likeness (QED) is 0.246. The van der Waals surface area contributed by atoms with E-state index in [1.165, 1.54) is 24.6 Å². The van der Waals surface area contributed by atoms with E-state index in [9.17, 15) is 14.0 Å². The van der Waals surface area contributed by atoms with Gasteiger partial charge in [-0.2, -0.15) is 0 Å². The summed E-state index contributed by atoms with van der Waals surface area (Å²) >= 11 is 0. The topological polar surface area (TPSA) is 52.6 Å². The van der Waals surface area contributed by atoms with E-state index in [2.05, 4.69) is 17.9 Å². The third-order valence-corrected chi connectivity index (χ3v) is 2.85. The van der Waals surface area contributed by atoms with Gasteiger partial charge in [0.1, 0.15) is 5.75 Å². The van der Waals surface area contributed by atoms with Gasteiger partial charge >= 0.3 is 5.97 Å². The van der Waals surface area contributed by atoms with Crippen LogP contribution in [0.5, 0.6) is 11.5 Å². The van der Waals surface area contributed by atoms with Gasteiger partial charge < -0.3 is 9.47 Å². The summed E-state index contributed by atoms with van der Waals surface area (Å²) < 4.78 is 23.5. The standard InChI is InChI=1S/C17H13FO4.C4H8/c1-11(2)17(20)22-16-8-5-13(9-15(16)18)12-3-6-14(7-4-12)21-10-19;1-4(2)3/h3-10H,1H2,2H3;1H2,2-3H3. The first-order chi connectivity index (χ1) is 12.2. The second kappa shape index (κ2) is 9.93. The molecule has 26 heavy (non-hydrogen) atoms. The van der Waals surface area contributed by atoms with Crippen LogP contribution in [0.25, 0.3) is 11.1 Å². The number of ether oxygens (including phenoxy) is 2. The first-order valence-electron chi connectivity index (χ1n) is 7.74. The predicted octanol–water partition coefficient (Wildman–Crippen LogP) is 5.09. The highest BCUT2D eigenvalue weighted by molar-refractivity contribution is 5.88. The lowest BCUT2D eigenvalue weighted by molar-refractivity contribution is -0.130. The van der Waals surface area contributed by atoms with E-state index in [4.69, 9.17) is 4.74 Å². The molecule has 2 aromatic rings. The van der Waals surface area contributed by atoms with Crippen LogP contribution in [-0.4, -0.2) is 12.4 Å². The molecule has 0 aliphatic rings. The Morgan fingerprint density at radius 2 is 1.54 bits per heavy atom. The maximum Gasteiger partial charge on any atom is 0.338 e. The molecule has 136 valence electrons. The molecule has 0 atom stereocenters. The molecule has 0 radical (unpaired) electrons. The lowest BCUT2D eigenvalue weighted by Crippen LogP contribution is -2.09. The molecule has 0 N–H and O–H groups in total. The Balaban J connectivity index is 0.000000765. The molecule has 0 saturated heterocycles. The van der Waals surface area contributed by atoms with Crippen molar-refractivity contribution in [2.45, 2.75) is 20.8 Å². The van der Waals surface area contributed by atoms with Crippen molar-refractivity contribution in [3.8, 4) is 22.6 Å². The highest BCUT2D eigenvalue weighted by Crippen LogP contribution is 2.27. The number of rotatable bonds is 5. The van der Waals surface area contributed by atoms with Gasteiger partial charge in [-0.15, -0.1) is 6.58 Å². The maximum atomic E-state index is 14.0. The summed E-state index contributed by atoms with van der Waals surface area (Å²) in [4.78, 5) is 21.6. The van der Waals surface area contributed by atoms with Crippen molar-refractivity contribution in [1.82, 2.24) is 0 Å². The molecule has 0 amide bonds. The highest BCUT2D eigenvalue weighted by atomic mass is 19.1. The largest absolute Gasteiger partial charge is 0.429 e. The number of hydrogen-bond donors (Lipinski definition) is 0. The molecule has 0 fully saturated rings. The van der Waals surface area contributed by atoms with Crippen LogP contribution in [0.1, 0.15) is 20.8 Å². The van der Waals surface area contributed by atoms with Gasteiger partial charge in [0.05, 0.1) is 0 Å². The van der Waals surface area contributed by atoms with Crippen molar-refractivity contribution in [3.63, 3.8) is 0 Å². The molecule has 0 unspecified atom stereocenters. The highest BCUT2D eigenvalue weighted by Gasteiger charge is 2.11. The Bertz CT molecular complexity index is 803. The summed E-state index contributed by atoms with van der Waals surface area (Å²) in [5.41, 5.74) is 2.69. The zero-order chi connectivity index (χ0) is 19.7. The molecule has 0 aromatic heterocycles. The second-order valence-electron chi connectivity index (χ2n) is 5.76. The molecule has 4 nitrogen and oxygen atoms in total. The zero-order valence-electron chi connectivity index (χ0n) is 15.0. The lowest BCUT2D eigenvalue weighted by Gasteiger charge is -2.08. The summed E-state index contributed by atoms with van der Waals surface area (Å²) in [5, 5.41) is 0. The van der Waals surface area contributed by atoms with Gasteiger partial charge in [0, 0.05) is 5.57 Å². The molecular formula is C21H21FO4. The third-order valence-electron chi connectivity index (χ3n) is 2.85. The van der Waals surface area contributed by atoms with Crippen molar-refractivity contribution in [3.05, 3.63) is 72.6 Å². The van der Waals surface area contributed by atoms with Crippen molar-refractivity contribution in [2.24, 2.45) is 0 Å². The molecular weight excluding hydrogens is 335 g/mol. The number of hydrogen-bond acceptors (Lipinski definition) is 4. The average Bonchev–Trinajstić information content (AvgIpc) is 2.57. The van der Waals surface area contributed by atoms with Gasteiger partial charge in [0.2, 0.25) is 0 Å². The van der Waals surface area contributed by atoms with Crippen molar-refractivity contribution in [1.29, 1.82) is 0 Å². The second-order valence-corrected chi connectivity index (χ2v) is 5.76. The van der Waals surface area contributed by atoms with Gasteiger partial charge in [0.25, 0.3) is 6.47 Å². The van der Waals surface area contributed by atoms with Gasteiger partial charge in [-0.1, -0.05) is 30.4 Å². The Morgan fingerprint density at radius 3 is 2.00 bits per heavy atom. The minimum atomic E-state index is -0.679. The van der Waals surface area contributed by atoms with Gasteiger partial charge in [-0.05, 0) is 56.2 Å². The van der Waals surface area contributed by atoms with E-state index in [-0.39, 0.29) is 11.3 Å². The first kappa shape index (κ1) is 20.8. The van der Waals surface area contributed by atoms with Gasteiger partial charge in [0.15, 0.2) is 11.6 Å². The van der Waals surface area contributed by atoms with Crippen LogP contribution < -0.4 is 9.47 Å². The van der Waals surface area contributed by atoms with E-state index in [1.807, 2.05) is 13.8 Å². The van der Waals surface area contributed by atoms with E-state index in [1.54, 1.807) is 30.3 Å². The van der Waals surface area contributed by atoms with Crippen LogP contribution in [0.15, 0.2) is 66.8 Å². The first-order valence-corrected chi connectivity index (χ1v) is 7.74. The van der Waals surface area contributed by atoms with Crippen LogP contribution in [0, 0.1) is 5.82 Å². The van der Waals surface area contributed by atoms with Crippen LogP contribution in [-0.2, 0) is 9.59 Å². The monoisotopic (exact) mass is 356 g/mol. The van der Waals surface area contributed by atoms with E-state index in [0.29, 0.717) is 17.8 Å². The molecule has 0 aliphatic heterocycles. The van der Waals surface area contributed by atoms with Crippen molar-refractivity contribution in [2.75, 3.05) is 0 Å². The molecule has 0 bridgehead atoms. The van der Waals surface area contributed by atoms with Gasteiger partial charge in [-0.25, -0.2) is 9.18 Å². The number of benzene rings is 2. The Kier molecular flexibility index (Phi) is 7.96. The normalized spacial score (nSPS) is 9.38. The summed E-state index contributed by atoms with van der Waals surface area (Å²) in [7, 11) is 0. The van der Waals surface area contributed by atoms with Crippen molar-refractivity contribution < 1.29 is 23.5 Å². The summed E-state index contributed by atoms with van der Waals surface area (Å²) in [6.45, 7) is 12.8. The minimum Gasteiger partial charge on any atom is -0.429 e. The number of allylic oxidation sites excluding steroid dienone is 1. The summed E-state index contributed by atoms with van der Waals surface area (Å²) in [5.74, 6) is -1.09. The fraction of sp³-hybridized carbons (Fsp3) is 0.143. The number of halogens is 1. The van der Waals surface area contributed by atoms with Crippen LogP contribution in [0.4, 0.5) is 4.39 Å². The maximum absolute atomic E-state index is 14.0. The molecule has 0 spiro atoms. The molecule has 2 aromatic carbocycles. The van der Waals surface area contributed by atoms with Crippen LogP contribution >= 0.6 is 0 Å². The van der Waals surface area contributed by atoms with E-state index >= 15 is 0 Å². The average molecular weight is 356 g/mol. The number of carbonyl (C=O) groups excluding carboxylic acids is 2. The predicted molar refractivity (Wildman–Crippen MR) is 99.5 cm³/mol. The van der Waals surface area contributed by atoms with Crippen LogP contribution in [0.3, 0.4) is 0 Å². The smallest absolute Gasteiger partial charge is 0.338 e. The Labute approximate surface area is 152 Å². The van der Waals surface area contributed by atoms with Crippen molar-refractivity contribution >= 4 is 12.4 Å². The summed E-state index contributed by atoms with van der Waals surface area (Å²) in [6.07, 6.45) is 0. The number of carbonyl (C=O) groups is 2. The van der Waals surface area contributed by atoms with Gasteiger partial charge in [-0.3, -0.25) is 4.79 Å². The molecule has 2 rings (SSSR count). The van der Waals surface area contributed by atoms with Crippen LogP contribution in [0.2, 0.25) is 0 Å². The zero-order valence-corrected chi connectivity index (χ0v) is 15.0. The fourth-order valence-corrected chi connectivity index (χ4v) is 1.73. The Morgan fingerprint density at radius 1 is 1.00 bits per heavy atom. The lowest BCUT2D eigenvalue weighted by atomic mass is 10.1. The molecule has 0 heterocycles. The SMILES string of the molecule is C=C(C)C.C=C(C)C(=O)Oc1ccc(-c2ccc(OC=O)cc2)cc1F. The molecule has 5 heteroatoms. The Hall–Kier alpha value is -3.21. The molecule has 0 saturated carbocycles. The number of esters is 1. The van der Waals surface area contributed by atoms with E-state index < -0.39 is 11.8 Å².